The second-order valence-corrected chi connectivity index (χ2v) is 5.83. The minimum atomic E-state index is -0.646. The number of nitrogens with two attached hydrogens (primary N) is 1. The zero-order chi connectivity index (χ0) is 12.5. The van der Waals surface area contributed by atoms with Crippen LogP contribution in [0.4, 0.5) is 0 Å². The lowest BCUT2D eigenvalue weighted by molar-refractivity contribution is -0.137. The third-order valence-corrected chi connectivity index (χ3v) is 4.33. The van der Waals surface area contributed by atoms with Crippen molar-refractivity contribution in [3.05, 3.63) is 0 Å². The summed E-state index contributed by atoms with van der Waals surface area (Å²) in [4.78, 5) is 13.9. The molecule has 2 unspecified atom stereocenters. The molecule has 2 atom stereocenters. The van der Waals surface area contributed by atoms with E-state index in [1.54, 1.807) is 11.9 Å². The van der Waals surface area contributed by atoms with Crippen molar-refractivity contribution < 1.29 is 9.90 Å². The summed E-state index contributed by atoms with van der Waals surface area (Å²) in [6.45, 7) is 0.467. The number of hydrogen-bond donors (Lipinski definition) is 2. The van der Waals surface area contributed by atoms with Gasteiger partial charge in [0.1, 0.15) is 0 Å². The van der Waals surface area contributed by atoms with E-state index in [0.717, 1.165) is 44.9 Å². The molecule has 0 saturated heterocycles. The molecule has 0 aromatic rings. The Morgan fingerprint density at radius 2 is 2.00 bits per heavy atom. The van der Waals surface area contributed by atoms with Crippen LogP contribution < -0.4 is 5.73 Å². The molecule has 17 heavy (non-hydrogen) atoms. The van der Waals surface area contributed by atoms with Gasteiger partial charge in [0.15, 0.2) is 0 Å². The summed E-state index contributed by atoms with van der Waals surface area (Å²) in [5.41, 5.74) is 5.30. The molecule has 0 aliphatic heterocycles. The van der Waals surface area contributed by atoms with Crippen molar-refractivity contribution in [2.75, 3.05) is 13.6 Å². The van der Waals surface area contributed by atoms with Gasteiger partial charge in [-0.1, -0.05) is 19.3 Å². The van der Waals surface area contributed by atoms with Gasteiger partial charge in [-0.3, -0.25) is 4.79 Å². The van der Waals surface area contributed by atoms with Crippen molar-refractivity contribution in [1.29, 1.82) is 0 Å². The number of aliphatic hydroxyl groups is 1. The van der Waals surface area contributed by atoms with Gasteiger partial charge in [0.2, 0.25) is 5.91 Å². The SMILES string of the molecule is CN(CC1(O)CCCC1)C(=O)C1CCCC1N. The van der Waals surface area contributed by atoms with Crippen LogP contribution in [0.15, 0.2) is 0 Å². The van der Waals surface area contributed by atoms with E-state index < -0.39 is 5.60 Å². The van der Waals surface area contributed by atoms with E-state index in [1.807, 2.05) is 0 Å². The van der Waals surface area contributed by atoms with Crippen molar-refractivity contribution in [3.63, 3.8) is 0 Å². The average molecular weight is 240 g/mol. The lowest BCUT2D eigenvalue weighted by Crippen LogP contribution is -2.46. The predicted molar refractivity (Wildman–Crippen MR) is 66.4 cm³/mol. The van der Waals surface area contributed by atoms with Crippen LogP contribution in [0.3, 0.4) is 0 Å². The Morgan fingerprint density at radius 3 is 2.53 bits per heavy atom. The molecule has 1 amide bonds. The van der Waals surface area contributed by atoms with Crippen molar-refractivity contribution in [3.8, 4) is 0 Å². The number of carbonyl (C=O) groups is 1. The molecule has 2 saturated carbocycles. The second-order valence-electron chi connectivity index (χ2n) is 5.83. The van der Waals surface area contributed by atoms with Gasteiger partial charge in [0.25, 0.3) is 0 Å². The number of likely N-dealkylation sites (N-methyl/N-ethyl adjacent to an activating group) is 1. The highest BCUT2D eigenvalue weighted by Gasteiger charge is 2.37. The summed E-state index contributed by atoms with van der Waals surface area (Å²) >= 11 is 0. The zero-order valence-corrected chi connectivity index (χ0v) is 10.7. The van der Waals surface area contributed by atoms with Crippen LogP contribution in [0.25, 0.3) is 0 Å². The molecule has 3 N–H and O–H groups in total. The number of carbonyl (C=O) groups excluding carboxylic acids is 1. The molecule has 2 aliphatic rings. The lowest BCUT2D eigenvalue weighted by Gasteiger charge is -2.31. The van der Waals surface area contributed by atoms with Crippen LogP contribution in [-0.2, 0) is 4.79 Å². The van der Waals surface area contributed by atoms with E-state index in [0.29, 0.717) is 6.54 Å². The van der Waals surface area contributed by atoms with Crippen molar-refractivity contribution in [2.45, 2.75) is 56.6 Å². The Balaban J connectivity index is 1.90. The number of rotatable bonds is 3. The fourth-order valence-corrected chi connectivity index (χ4v) is 3.29. The van der Waals surface area contributed by atoms with Gasteiger partial charge in [0.05, 0.1) is 11.5 Å². The normalized spacial score (nSPS) is 31.7. The van der Waals surface area contributed by atoms with Gasteiger partial charge in [-0.05, 0) is 25.7 Å². The molecule has 2 rings (SSSR count). The first-order chi connectivity index (χ1) is 8.02. The van der Waals surface area contributed by atoms with Gasteiger partial charge in [0, 0.05) is 19.6 Å². The molecule has 0 aromatic carbocycles. The highest BCUT2D eigenvalue weighted by molar-refractivity contribution is 5.79. The molecular formula is C13H24N2O2. The quantitative estimate of drug-likeness (QED) is 0.769. The Labute approximate surface area is 103 Å². The van der Waals surface area contributed by atoms with Gasteiger partial charge in [-0.15, -0.1) is 0 Å². The fraction of sp³-hybridized carbons (Fsp3) is 0.923. The molecule has 0 spiro atoms. The Morgan fingerprint density at radius 1 is 1.35 bits per heavy atom. The van der Waals surface area contributed by atoms with Gasteiger partial charge in [-0.25, -0.2) is 0 Å². The maximum Gasteiger partial charge on any atom is 0.227 e. The summed E-state index contributed by atoms with van der Waals surface area (Å²) in [5, 5.41) is 10.3. The van der Waals surface area contributed by atoms with Gasteiger partial charge >= 0.3 is 0 Å². The lowest BCUT2D eigenvalue weighted by atomic mass is 9.99. The fourth-order valence-electron chi connectivity index (χ4n) is 3.29. The van der Waals surface area contributed by atoms with Crippen molar-refractivity contribution in [2.24, 2.45) is 11.7 Å². The standard InChI is InChI=1S/C13H24N2O2/c1-15(9-13(17)7-2-3-8-13)12(16)10-5-4-6-11(10)14/h10-11,17H,2-9,14H2,1H3. The van der Waals surface area contributed by atoms with Crippen LogP contribution in [0, 0.1) is 5.92 Å². The highest BCUT2D eigenvalue weighted by Crippen LogP contribution is 2.31. The molecule has 4 heteroatoms. The molecule has 0 heterocycles. The van der Waals surface area contributed by atoms with E-state index in [2.05, 4.69) is 0 Å². The number of amides is 1. The number of nitrogens with zero attached hydrogens (tertiary/aromatic N) is 1. The first-order valence-corrected chi connectivity index (χ1v) is 6.75. The largest absolute Gasteiger partial charge is 0.388 e. The Kier molecular flexibility index (Phi) is 3.73. The minimum Gasteiger partial charge on any atom is -0.388 e. The van der Waals surface area contributed by atoms with E-state index in [1.165, 1.54) is 0 Å². The van der Waals surface area contributed by atoms with Crippen LogP contribution in [0.2, 0.25) is 0 Å². The first kappa shape index (κ1) is 12.8. The van der Waals surface area contributed by atoms with E-state index in [4.69, 9.17) is 5.73 Å². The molecule has 2 aliphatic carbocycles. The van der Waals surface area contributed by atoms with Crippen LogP contribution in [0.5, 0.6) is 0 Å². The Hall–Kier alpha value is -0.610. The summed E-state index contributed by atoms with van der Waals surface area (Å²) in [5.74, 6) is 0.0975. The summed E-state index contributed by atoms with van der Waals surface area (Å²) in [6, 6.07) is 0.0168. The molecule has 2 fully saturated rings. The summed E-state index contributed by atoms with van der Waals surface area (Å²) in [7, 11) is 1.80. The van der Waals surface area contributed by atoms with Gasteiger partial charge < -0.3 is 15.7 Å². The van der Waals surface area contributed by atoms with Crippen LogP contribution in [0.1, 0.15) is 44.9 Å². The summed E-state index contributed by atoms with van der Waals surface area (Å²) in [6.07, 6.45) is 6.69. The smallest absolute Gasteiger partial charge is 0.227 e. The van der Waals surface area contributed by atoms with Gasteiger partial charge in [-0.2, -0.15) is 0 Å². The molecule has 98 valence electrons. The maximum atomic E-state index is 12.2. The molecule has 0 radical (unpaired) electrons. The van der Waals surface area contributed by atoms with Crippen molar-refractivity contribution in [1.82, 2.24) is 4.90 Å². The molecule has 0 aromatic heterocycles. The molecule has 0 bridgehead atoms. The average Bonchev–Trinajstić information content (AvgIpc) is 2.86. The van der Waals surface area contributed by atoms with E-state index in [-0.39, 0.29) is 17.9 Å². The first-order valence-electron chi connectivity index (χ1n) is 6.75. The zero-order valence-electron chi connectivity index (χ0n) is 10.7. The number of hydrogen-bond acceptors (Lipinski definition) is 3. The minimum absolute atomic E-state index is 0.0168. The van der Waals surface area contributed by atoms with Crippen LogP contribution in [-0.4, -0.2) is 41.1 Å². The molecular weight excluding hydrogens is 216 g/mol. The maximum absolute atomic E-state index is 12.2. The summed E-state index contributed by atoms with van der Waals surface area (Å²) < 4.78 is 0. The van der Waals surface area contributed by atoms with E-state index in [9.17, 15) is 9.90 Å². The highest BCUT2D eigenvalue weighted by atomic mass is 16.3. The second kappa shape index (κ2) is 4.94. The Bertz CT molecular complexity index is 287. The van der Waals surface area contributed by atoms with E-state index >= 15 is 0 Å². The predicted octanol–water partition coefficient (Wildman–Crippen LogP) is 0.877. The van der Waals surface area contributed by atoms with Crippen LogP contribution >= 0.6 is 0 Å². The van der Waals surface area contributed by atoms with Crippen molar-refractivity contribution >= 4 is 5.91 Å². The topological polar surface area (TPSA) is 66.6 Å². The molecule has 4 nitrogen and oxygen atoms in total. The third-order valence-electron chi connectivity index (χ3n) is 4.33. The third kappa shape index (κ3) is 2.80. The monoisotopic (exact) mass is 240 g/mol.